The molecule has 3 nitrogen and oxygen atoms in total. The largest absolute Gasteiger partial charge is 0.314 e. The molecule has 0 saturated carbocycles. The normalized spacial score (nSPS) is 21.7. The van der Waals surface area contributed by atoms with E-state index in [9.17, 15) is 0 Å². The smallest absolute Gasteiger partial charge is 0.0107 e. The number of likely N-dealkylation sites (tertiary alicyclic amines) is 1. The molecule has 1 saturated heterocycles. The molecule has 0 aromatic rings. The van der Waals surface area contributed by atoms with Gasteiger partial charge in [0.05, 0.1) is 0 Å². The SMILES string of the molecule is CCN(CC)CCNCCN1CCCC(C(C)(C)C)CC1. The number of likely N-dealkylation sites (N-methyl/N-ethyl adjacent to an activating group) is 1. The Bertz CT molecular complexity index is 256. The first-order valence-electron chi connectivity index (χ1n) is 9.12. The second-order valence-corrected chi connectivity index (χ2v) is 7.61. The van der Waals surface area contributed by atoms with E-state index in [1.807, 2.05) is 0 Å². The van der Waals surface area contributed by atoms with Crippen molar-refractivity contribution in [3.63, 3.8) is 0 Å². The lowest BCUT2D eigenvalue weighted by Crippen LogP contribution is -2.37. The van der Waals surface area contributed by atoms with Crippen LogP contribution >= 0.6 is 0 Å². The van der Waals surface area contributed by atoms with Gasteiger partial charge < -0.3 is 15.1 Å². The average Bonchev–Trinajstić information content (AvgIpc) is 2.68. The fourth-order valence-corrected chi connectivity index (χ4v) is 3.38. The van der Waals surface area contributed by atoms with Crippen molar-refractivity contribution in [2.45, 2.75) is 53.9 Å². The summed E-state index contributed by atoms with van der Waals surface area (Å²) in [6.45, 7) is 21.3. The van der Waals surface area contributed by atoms with Crippen LogP contribution < -0.4 is 5.32 Å². The van der Waals surface area contributed by atoms with E-state index in [1.165, 1.54) is 58.5 Å². The van der Waals surface area contributed by atoms with E-state index in [-0.39, 0.29) is 0 Å². The van der Waals surface area contributed by atoms with Gasteiger partial charge in [0.2, 0.25) is 0 Å². The zero-order chi connectivity index (χ0) is 15.7. The maximum Gasteiger partial charge on any atom is 0.0107 e. The van der Waals surface area contributed by atoms with E-state index < -0.39 is 0 Å². The molecule has 21 heavy (non-hydrogen) atoms. The van der Waals surface area contributed by atoms with Crippen LogP contribution in [-0.4, -0.2) is 62.2 Å². The molecule has 1 atom stereocenters. The van der Waals surface area contributed by atoms with Crippen molar-refractivity contribution >= 4 is 0 Å². The predicted molar refractivity (Wildman–Crippen MR) is 93.9 cm³/mol. The van der Waals surface area contributed by atoms with E-state index in [0.29, 0.717) is 5.41 Å². The first kappa shape index (κ1) is 18.9. The monoisotopic (exact) mass is 297 g/mol. The number of nitrogens with zero attached hydrogens (tertiary/aromatic N) is 2. The van der Waals surface area contributed by atoms with Gasteiger partial charge in [-0.25, -0.2) is 0 Å². The fourth-order valence-electron chi connectivity index (χ4n) is 3.38. The Labute approximate surface area is 133 Å². The van der Waals surface area contributed by atoms with Crippen LogP contribution in [0.4, 0.5) is 0 Å². The fraction of sp³-hybridized carbons (Fsp3) is 1.00. The van der Waals surface area contributed by atoms with Gasteiger partial charge in [0.1, 0.15) is 0 Å². The van der Waals surface area contributed by atoms with Crippen LogP contribution in [0, 0.1) is 11.3 Å². The maximum atomic E-state index is 3.61. The molecule has 0 radical (unpaired) electrons. The minimum atomic E-state index is 0.484. The second-order valence-electron chi connectivity index (χ2n) is 7.61. The molecule has 0 aromatic carbocycles. The van der Waals surface area contributed by atoms with Crippen molar-refractivity contribution in [1.82, 2.24) is 15.1 Å². The molecule has 1 unspecified atom stereocenters. The number of hydrogen-bond acceptors (Lipinski definition) is 3. The van der Waals surface area contributed by atoms with E-state index in [4.69, 9.17) is 0 Å². The topological polar surface area (TPSA) is 18.5 Å². The molecule has 1 rings (SSSR count). The van der Waals surface area contributed by atoms with E-state index in [1.54, 1.807) is 0 Å². The molecule has 1 N–H and O–H groups in total. The van der Waals surface area contributed by atoms with Gasteiger partial charge in [-0.15, -0.1) is 0 Å². The van der Waals surface area contributed by atoms with Gasteiger partial charge in [-0.05, 0) is 56.8 Å². The van der Waals surface area contributed by atoms with Crippen LogP contribution in [0.15, 0.2) is 0 Å². The molecule has 1 aliphatic heterocycles. The molecule has 0 amide bonds. The van der Waals surface area contributed by atoms with Crippen molar-refractivity contribution < 1.29 is 0 Å². The van der Waals surface area contributed by atoms with Crippen LogP contribution in [0.5, 0.6) is 0 Å². The summed E-state index contributed by atoms with van der Waals surface area (Å²) in [5.74, 6) is 0.901. The highest BCUT2D eigenvalue weighted by Gasteiger charge is 2.26. The Balaban J connectivity index is 2.13. The van der Waals surface area contributed by atoms with E-state index >= 15 is 0 Å². The van der Waals surface area contributed by atoms with Crippen molar-refractivity contribution in [3.8, 4) is 0 Å². The summed E-state index contributed by atoms with van der Waals surface area (Å²) in [7, 11) is 0. The van der Waals surface area contributed by atoms with Crippen LogP contribution in [-0.2, 0) is 0 Å². The zero-order valence-electron chi connectivity index (χ0n) is 15.2. The summed E-state index contributed by atoms with van der Waals surface area (Å²) in [6.07, 6.45) is 4.17. The third-order valence-corrected chi connectivity index (χ3v) is 5.15. The molecule has 0 aliphatic carbocycles. The highest BCUT2D eigenvalue weighted by molar-refractivity contribution is 4.79. The molecule has 1 heterocycles. The Morgan fingerprint density at radius 2 is 1.76 bits per heavy atom. The summed E-state index contributed by atoms with van der Waals surface area (Å²) in [5.41, 5.74) is 0.484. The van der Waals surface area contributed by atoms with Gasteiger partial charge in [-0.3, -0.25) is 0 Å². The average molecular weight is 298 g/mol. The van der Waals surface area contributed by atoms with Crippen LogP contribution in [0.3, 0.4) is 0 Å². The van der Waals surface area contributed by atoms with E-state index in [0.717, 1.165) is 19.0 Å². The number of hydrogen-bond donors (Lipinski definition) is 1. The standard InChI is InChI=1S/C18H39N3/c1-6-20(7-2)15-11-19-12-16-21-13-8-9-17(10-14-21)18(3,4)5/h17,19H,6-16H2,1-5H3. The third-order valence-electron chi connectivity index (χ3n) is 5.15. The Kier molecular flexibility index (Phi) is 8.84. The Hall–Kier alpha value is -0.120. The molecule has 1 aliphatic rings. The quantitative estimate of drug-likeness (QED) is 0.695. The van der Waals surface area contributed by atoms with Gasteiger partial charge in [-0.2, -0.15) is 0 Å². The lowest BCUT2D eigenvalue weighted by Gasteiger charge is -2.29. The molecular formula is C18H39N3. The highest BCUT2D eigenvalue weighted by atomic mass is 15.2. The first-order chi connectivity index (χ1) is 9.97. The van der Waals surface area contributed by atoms with Gasteiger partial charge in [0, 0.05) is 26.2 Å². The predicted octanol–water partition coefficient (Wildman–Crippen LogP) is 3.07. The molecule has 0 bridgehead atoms. The first-order valence-corrected chi connectivity index (χ1v) is 9.12. The van der Waals surface area contributed by atoms with Crippen LogP contribution in [0.2, 0.25) is 0 Å². The molecule has 1 fully saturated rings. The van der Waals surface area contributed by atoms with Gasteiger partial charge >= 0.3 is 0 Å². The summed E-state index contributed by atoms with van der Waals surface area (Å²) >= 11 is 0. The van der Waals surface area contributed by atoms with Crippen LogP contribution in [0.25, 0.3) is 0 Å². The third kappa shape index (κ3) is 7.62. The molecular weight excluding hydrogens is 258 g/mol. The van der Waals surface area contributed by atoms with Gasteiger partial charge in [-0.1, -0.05) is 34.6 Å². The highest BCUT2D eigenvalue weighted by Crippen LogP contribution is 2.34. The van der Waals surface area contributed by atoms with Crippen molar-refractivity contribution in [2.24, 2.45) is 11.3 Å². The molecule has 0 spiro atoms. The number of nitrogens with one attached hydrogen (secondary N) is 1. The zero-order valence-corrected chi connectivity index (χ0v) is 15.2. The summed E-state index contributed by atoms with van der Waals surface area (Å²) in [6, 6.07) is 0. The lowest BCUT2D eigenvalue weighted by atomic mass is 9.77. The molecule has 0 aromatic heterocycles. The lowest BCUT2D eigenvalue weighted by molar-refractivity contribution is 0.208. The summed E-state index contributed by atoms with van der Waals surface area (Å²) in [5, 5.41) is 3.61. The number of rotatable bonds is 8. The Morgan fingerprint density at radius 1 is 1.05 bits per heavy atom. The minimum absolute atomic E-state index is 0.484. The van der Waals surface area contributed by atoms with Crippen molar-refractivity contribution in [3.05, 3.63) is 0 Å². The van der Waals surface area contributed by atoms with E-state index in [2.05, 4.69) is 49.7 Å². The van der Waals surface area contributed by atoms with Gasteiger partial charge in [0.15, 0.2) is 0 Å². The summed E-state index contributed by atoms with van der Waals surface area (Å²) < 4.78 is 0. The minimum Gasteiger partial charge on any atom is -0.314 e. The molecule has 3 heteroatoms. The molecule has 126 valence electrons. The Morgan fingerprint density at radius 3 is 2.38 bits per heavy atom. The second kappa shape index (κ2) is 9.81. The van der Waals surface area contributed by atoms with Crippen molar-refractivity contribution in [1.29, 1.82) is 0 Å². The van der Waals surface area contributed by atoms with Gasteiger partial charge in [0.25, 0.3) is 0 Å². The van der Waals surface area contributed by atoms with Crippen molar-refractivity contribution in [2.75, 3.05) is 52.4 Å². The summed E-state index contributed by atoms with van der Waals surface area (Å²) in [4.78, 5) is 5.14. The maximum absolute atomic E-state index is 3.61. The van der Waals surface area contributed by atoms with Crippen LogP contribution in [0.1, 0.15) is 53.9 Å².